The van der Waals surface area contributed by atoms with Gasteiger partial charge in [0.25, 0.3) is 0 Å². The number of aromatic nitrogens is 1. The summed E-state index contributed by atoms with van der Waals surface area (Å²) in [4.78, 5) is 0. The van der Waals surface area contributed by atoms with Crippen LogP contribution in [0.3, 0.4) is 0 Å². The highest BCUT2D eigenvalue weighted by Crippen LogP contribution is 2.25. The summed E-state index contributed by atoms with van der Waals surface area (Å²) in [5.74, 6) is 0.902. The number of nitrogens with two attached hydrogens (primary N) is 1. The Morgan fingerprint density at radius 1 is 1.05 bits per heavy atom. The molecule has 2 aromatic carbocycles. The van der Waals surface area contributed by atoms with Gasteiger partial charge in [-0.2, -0.15) is 0 Å². The van der Waals surface area contributed by atoms with Crippen molar-refractivity contribution in [3.63, 3.8) is 0 Å². The first-order valence-corrected chi connectivity index (χ1v) is 6.25. The van der Waals surface area contributed by atoms with Crippen LogP contribution in [0.15, 0.2) is 54.7 Å². The zero-order chi connectivity index (χ0) is 13.2. The molecular weight excluding hydrogens is 236 g/mol. The molecule has 3 nitrogen and oxygen atoms in total. The molecule has 0 unspecified atom stereocenters. The van der Waals surface area contributed by atoms with Crippen LogP contribution in [-0.4, -0.2) is 11.7 Å². The van der Waals surface area contributed by atoms with Crippen LogP contribution in [0.5, 0.6) is 5.75 Å². The smallest absolute Gasteiger partial charge is 0.123 e. The number of para-hydroxylation sites is 2. The second-order valence-corrected chi connectivity index (χ2v) is 4.54. The van der Waals surface area contributed by atoms with Gasteiger partial charge in [0.05, 0.1) is 24.9 Å². The Bertz CT molecular complexity index is 716. The predicted octanol–water partition coefficient (Wildman–Crippen LogP) is 3.28. The van der Waals surface area contributed by atoms with E-state index >= 15 is 0 Å². The third-order valence-electron chi connectivity index (χ3n) is 3.35. The van der Waals surface area contributed by atoms with Crippen LogP contribution in [-0.2, 0) is 6.54 Å². The monoisotopic (exact) mass is 252 g/mol. The molecule has 0 atom stereocenters. The number of rotatable bonds is 3. The predicted molar refractivity (Wildman–Crippen MR) is 78.4 cm³/mol. The third kappa shape index (κ3) is 2.03. The summed E-state index contributed by atoms with van der Waals surface area (Å²) >= 11 is 0. The van der Waals surface area contributed by atoms with Crippen molar-refractivity contribution in [2.75, 3.05) is 12.8 Å². The first-order valence-electron chi connectivity index (χ1n) is 6.25. The van der Waals surface area contributed by atoms with Crippen LogP contribution in [0.25, 0.3) is 10.9 Å². The topological polar surface area (TPSA) is 40.2 Å². The lowest BCUT2D eigenvalue weighted by molar-refractivity contribution is 0.408. The quantitative estimate of drug-likeness (QED) is 0.727. The van der Waals surface area contributed by atoms with Gasteiger partial charge in [-0.3, -0.25) is 0 Å². The zero-order valence-corrected chi connectivity index (χ0v) is 10.8. The SMILES string of the molecule is COc1ccccc1Cn1ccc2cccc(N)c21. The molecule has 96 valence electrons. The average molecular weight is 252 g/mol. The molecule has 0 saturated heterocycles. The molecule has 0 aliphatic carbocycles. The molecule has 0 aliphatic rings. The number of hydrogen-bond donors (Lipinski definition) is 1. The number of anilines is 1. The number of nitrogens with zero attached hydrogens (tertiary/aromatic N) is 1. The first kappa shape index (κ1) is 11.7. The normalized spacial score (nSPS) is 10.8. The lowest BCUT2D eigenvalue weighted by Gasteiger charge is -2.11. The molecule has 1 aromatic heterocycles. The molecule has 3 aromatic rings. The third-order valence-corrected chi connectivity index (χ3v) is 3.35. The second kappa shape index (κ2) is 4.69. The van der Waals surface area contributed by atoms with Crippen LogP contribution < -0.4 is 10.5 Å². The maximum absolute atomic E-state index is 6.07. The molecule has 0 fully saturated rings. The Kier molecular flexibility index (Phi) is 2.88. The van der Waals surface area contributed by atoms with Gasteiger partial charge >= 0.3 is 0 Å². The molecule has 0 radical (unpaired) electrons. The summed E-state index contributed by atoms with van der Waals surface area (Å²) in [6.07, 6.45) is 2.06. The number of fused-ring (bicyclic) bond motifs is 1. The van der Waals surface area contributed by atoms with Crippen molar-refractivity contribution < 1.29 is 4.74 Å². The van der Waals surface area contributed by atoms with Gasteiger partial charge in [0, 0.05) is 17.1 Å². The van der Waals surface area contributed by atoms with Crippen LogP contribution in [0, 0.1) is 0 Å². The largest absolute Gasteiger partial charge is 0.496 e. The summed E-state index contributed by atoms with van der Waals surface area (Å²) < 4.78 is 7.55. The van der Waals surface area contributed by atoms with Crippen molar-refractivity contribution in [2.45, 2.75) is 6.54 Å². The number of ether oxygens (including phenoxy) is 1. The lowest BCUT2D eigenvalue weighted by Crippen LogP contribution is -2.02. The average Bonchev–Trinajstić information content (AvgIpc) is 2.84. The molecule has 1 heterocycles. The van der Waals surface area contributed by atoms with Gasteiger partial charge in [-0.1, -0.05) is 30.3 Å². The van der Waals surface area contributed by atoms with Gasteiger partial charge in [-0.15, -0.1) is 0 Å². The number of nitrogen functional groups attached to an aromatic ring is 1. The van der Waals surface area contributed by atoms with Gasteiger partial charge in [-0.25, -0.2) is 0 Å². The molecule has 0 aliphatic heterocycles. The van der Waals surface area contributed by atoms with Crippen molar-refractivity contribution in [2.24, 2.45) is 0 Å². The Morgan fingerprint density at radius 3 is 2.74 bits per heavy atom. The highest BCUT2D eigenvalue weighted by Gasteiger charge is 2.07. The molecule has 0 bridgehead atoms. The molecule has 3 rings (SSSR count). The Labute approximate surface area is 112 Å². The van der Waals surface area contributed by atoms with Gasteiger partial charge in [0.2, 0.25) is 0 Å². The number of benzene rings is 2. The lowest BCUT2D eigenvalue weighted by atomic mass is 10.2. The van der Waals surface area contributed by atoms with E-state index in [4.69, 9.17) is 10.5 Å². The molecule has 3 heteroatoms. The van der Waals surface area contributed by atoms with Crippen molar-refractivity contribution in [3.8, 4) is 5.75 Å². The Morgan fingerprint density at radius 2 is 1.89 bits per heavy atom. The van der Waals surface area contributed by atoms with E-state index in [1.807, 2.05) is 30.3 Å². The van der Waals surface area contributed by atoms with E-state index in [9.17, 15) is 0 Å². The molecule has 0 saturated carbocycles. The van der Waals surface area contributed by atoms with Crippen LogP contribution in [0.4, 0.5) is 5.69 Å². The van der Waals surface area contributed by atoms with Crippen LogP contribution in [0.2, 0.25) is 0 Å². The summed E-state index contributed by atoms with van der Waals surface area (Å²) in [7, 11) is 1.70. The fourth-order valence-corrected chi connectivity index (χ4v) is 2.44. The van der Waals surface area contributed by atoms with Crippen molar-refractivity contribution in [1.29, 1.82) is 0 Å². The highest BCUT2D eigenvalue weighted by molar-refractivity contribution is 5.90. The van der Waals surface area contributed by atoms with E-state index in [-0.39, 0.29) is 0 Å². The van der Waals surface area contributed by atoms with E-state index in [2.05, 4.69) is 29.0 Å². The second-order valence-electron chi connectivity index (χ2n) is 4.54. The van der Waals surface area contributed by atoms with Crippen LogP contribution >= 0.6 is 0 Å². The van der Waals surface area contributed by atoms with E-state index in [1.54, 1.807) is 7.11 Å². The van der Waals surface area contributed by atoms with Crippen molar-refractivity contribution in [3.05, 3.63) is 60.3 Å². The molecular formula is C16H16N2O. The molecule has 0 spiro atoms. The first-order chi connectivity index (χ1) is 9.29. The number of hydrogen-bond acceptors (Lipinski definition) is 2. The minimum atomic E-state index is 0.752. The summed E-state index contributed by atoms with van der Waals surface area (Å²) in [5.41, 5.74) is 9.10. The van der Waals surface area contributed by atoms with E-state index < -0.39 is 0 Å². The fourth-order valence-electron chi connectivity index (χ4n) is 2.44. The summed E-state index contributed by atoms with van der Waals surface area (Å²) in [5, 5.41) is 1.16. The van der Waals surface area contributed by atoms with Crippen molar-refractivity contribution >= 4 is 16.6 Å². The van der Waals surface area contributed by atoms with Crippen LogP contribution in [0.1, 0.15) is 5.56 Å². The van der Waals surface area contributed by atoms with Crippen molar-refractivity contribution in [1.82, 2.24) is 4.57 Å². The molecule has 2 N–H and O–H groups in total. The van der Waals surface area contributed by atoms with E-state index in [1.165, 1.54) is 0 Å². The summed E-state index contributed by atoms with van der Waals surface area (Å²) in [6.45, 7) is 0.752. The van der Waals surface area contributed by atoms with Gasteiger partial charge in [0.1, 0.15) is 5.75 Å². The maximum Gasteiger partial charge on any atom is 0.123 e. The summed E-state index contributed by atoms with van der Waals surface area (Å²) in [6, 6.07) is 16.1. The fraction of sp³-hybridized carbons (Fsp3) is 0.125. The van der Waals surface area contributed by atoms with E-state index in [0.29, 0.717) is 0 Å². The highest BCUT2D eigenvalue weighted by atomic mass is 16.5. The Balaban J connectivity index is 2.06. The molecule has 19 heavy (non-hydrogen) atoms. The standard InChI is InChI=1S/C16H16N2O/c1-19-15-8-3-2-5-13(15)11-18-10-9-12-6-4-7-14(17)16(12)18/h2-10H,11,17H2,1H3. The Hall–Kier alpha value is -2.42. The van der Waals surface area contributed by atoms with E-state index in [0.717, 1.165) is 34.4 Å². The van der Waals surface area contributed by atoms with Gasteiger partial charge < -0.3 is 15.0 Å². The van der Waals surface area contributed by atoms with Gasteiger partial charge in [0.15, 0.2) is 0 Å². The minimum absolute atomic E-state index is 0.752. The number of methoxy groups -OCH3 is 1. The minimum Gasteiger partial charge on any atom is -0.496 e. The van der Waals surface area contributed by atoms with Gasteiger partial charge in [-0.05, 0) is 18.2 Å². The maximum atomic E-state index is 6.07. The molecule has 0 amide bonds. The zero-order valence-electron chi connectivity index (χ0n) is 10.8.